The Bertz CT molecular complexity index is 947. The van der Waals surface area contributed by atoms with E-state index in [-0.39, 0.29) is 27.2 Å². The first kappa shape index (κ1) is 21.3. The average molecular weight is 432 g/mol. The van der Waals surface area contributed by atoms with Gasteiger partial charge in [0.15, 0.2) is 0 Å². The van der Waals surface area contributed by atoms with Crippen molar-refractivity contribution in [3.63, 3.8) is 0 Å². The van der Waals surface area contributed by atoms with Crippen molar-refractivity contribution in [1.82, 2.24) is 0 Å². The van der Waals surface area contributed by atoms with Crippen molar-refractivity contribution in [2.45, 2.75) is 18.7 Å². The fourth-order valence-corrected chi connectivity index (χ4v) is 4.40. The number of sulfonamides is 1. The third-order valence-corrected chi connectivity index (χ3v) is 6.30. The van der Waals surface area contributed by atoms with Crippen molar-refractivity contribution in [2.24, 2.45) is 0 Å². The Morgan fingerprint density at radius 1 is 1.19 bits per heavy atom. The summed E-state index contributed by atoms with van der Waals surface area (Å²) in [6.07, 6.45) is 0. The highest BCUT2D eigenvalue weighted by molar-refractivity contribution is 7.92. The van der Waals surface area contributed by atoms with Gasteiger partial charge in [0.05, 0.1) is 34.3 Å². The summed E-state index contributed by atoms with van der Waals surface area (Å²) in [6, 6.07) is 8.96. The number of anilines is 1. The maximum Gasteiger partial charge on any atom is 0.326 e. The predicted octanol–water partition coefficient (Wildman–Crippen LogP) is 4.07. The van der Waals surface area contributed by atoms with Gasteiger partial charge < -0.3 is 9.47 Å². The summed E-state index contributed by atoms with van der Waals surface area (Å²) in [5.41, 5.74) is 0.720. The van der Waals surface area contributed by atoms with Gasteiger partial charge in [-0.25, -0.2) is 8.42 Å². The van der Waals surface area contributed by atoms with Gasteiger partial charge in [0.25, 0.3) is 10.0 Å². The van der Waals surface area contributed by atoms with Crippen LogP contribution in [0.15, 0.2) is 41.3 Å². The Morgan fingerprint density at radius 2 is 1.89 bits per heavy atom. The first-order chi connectivity index (χ1) is 12.7. The molecule has 0 atom stereocenters. The molecule has 2 rings (SSSR count). The molecule has 27 heavy (non-hydrogen) atoms. The van der Waals surface area contributed by atoms with Gasteiger partial charge in [0, 0.05) is 0 Å². The molecule has 0 saturated heterocycles. The monoisotopic (exact) mass is 431 g/mol. The van der Waals surface area contributed by atoms with E-state index < -0.39 is 22.5 Å². The molecule has 2 aromatic carbocycles. The Balaban J connectivity index is 2.59. The van der Waals surface area contributed by atoms with Crippen LogP contribution in [0.5, 0.6) is 5.75 Å². The number of carbonyl (C=O) groups excluding carboxylic acids is 1. The third-order valence-electron chi connectivity index (χ3n) is 3.73. The summed E-state index contributed by atoms with van der Waals surface area (Å²) >= 11 is 12.2. The smallest absolute Gasteiger partial charge is 0.326 e. The Kier molecular flexibility index (Phi) is 6.97. The quantitative estimate of drug-likeness (QED) is 0.617. The molecule has 0 bridgehead atoms. The molecule has 0 radical (unpaired) electrons. The third kappa shape index (κ3) is 4.66. The van der Waals surface area contributed by atoms with Crippen molar-refractivity contribution in [3.05, 3.63) is 52.0 Å². The van der Waals surface area contributed by atoms with Gasteiger partial charge in [-0.1, -0.05) is 29.3 Å². The fraction of sp³-hybridized carbons (Fsp3) is 0.278. The lowest BCUT2D eigenvalue weighted by Crippen LogP contribution is -2.37. The van der Waals surface area contributed by atoms with Crippen LogP contribution in [0.3, 0.4) is 0 Å². The molecule has 6 nitrogen and oxygen atoms in total. The minimum Gasteiger partial charge on any atom is -0.496 e. The van der Waals surface area contributed by atoms with Crippen LogP contribution in [0.4, 0.5) is 5.69 Å². The highest BCUT2D eigenvalue weighted by Crippen LogP contribution is 2.36. The molecular weight excluding hydrogens is 413 g/mol. The zero-order valence-corrected chi connectivity index (χ0v) is 17.4. The zero-order valence-electron chi connectivity index (χ0n) is 15.0. The lowest BCUT2D eigenvalue weighted by Gasteiger charge is -2.25. The van der Waals surface area contributed by atoms with Crippen LogP contribution in [-0.4, -0.2) is 34.6 Å². The molecule has 0 aliphatic heterocycles. The number of hydrogen-bond acceptors (Lipinski definition) is 5. The van der Waals surface area contributed by atoms with E-state index in [0.717, 1.165) is 4.31 Å². The first-order valence-electron chi connectivity index (χ1n) is 7.99. The lowest BCUT2D eigenvalue weighted by atomic mass is 10.2. The van der Waals surface area contributed by atoms with E-state index in [0.29, 0.717) is 11.3 Å². The maximum atomic E-state index is 13.3. The molecule has 9 heteroatoms. The van der Waals surface area contributed by atoms with E-state index in [1.807, 2.05) is 0 Å². The van der Waals surface area contributed by atoms with Crippen molar-refractivity contribution in [1.29, 1.82) is 0 Å². The molecule has 0 amide bonds. The second kappa shape index (κ2) is 8.82. The van der Waals surface area contributed by atoms with Crippen LogP contribution in [-0.2, 0) is 19.6 Å². The van der Waals surface area contributed by atoms with Gasteiger partial charge in [0.1, 0.15) is 12.3 Å². The van der Waals surface area contributed by atoms with Crippen LogP contribution in [0.1, 0.15) is 12.5 Å². The van der Waals surface area contributed by atoms with Gasteiger partial charge in [0.2, 0.25) is 0 Å². The van der Waals surface area contributed by atoms with Crippen LogP contribution in [0, 0.1) is 6.92 Å². The van der Waals surface area contributed by atoms with Gasteiger partial charge >= 0.3 is 5.97 Å². The zero-order chi connectivity index (χ0) is 20.2. The van der Waals surface area contributed by atoms with Gasteiger partial charge in [-0.3, -0.25) is 9.10 Å². The topological polar surface area (TPSA) is 72.9 Å². The number of rotatable bonds is 7. The summed E-state index contributed by atoms with van der Waals surface area (Å²) in [6.45, 7) is 2.94. The molecule has 146 valence electrons. The molecule has 0 aliphatic carbocycles. The highest BCUT2D eigenvalue weighted by Gasteiger charge is 2.30. The number of benzene rings is 2. The number of esters is 1. The molecule has 0 aliphatic rings. The second-order valence-corrected chi connectivity index (χ2v) is 8.17. The molecule has 0 fully saturated rings. The van der Waals surface area contributed by atoms with Crippen molar-refractivity contribution < 1.29 is 22.7 Å². The number of halogens is 2. The van der Waals surface area contributed by atoms with Crippen molar-refractivity contribution >= 4 is 44.9 Å². The summed E-state index contributed by atoms with van der Waals surface area (Å²) in [7, 11) is -2.63. The van der Waals surface area contributed by atoms with Crippen LogP contribution in [0.25, 0.3) is 0 Å². The molecule has 2 aromatic rings. The summed E-state index contributed by atoms with van der Waals surface area (Å²) in [5, 5.41) is 0.196. The van der Waals surface area contributed by atoms with Crippen LogP contribution < -0.4 is 9.04 Å². The van der Waals surface area contributed by atoms with Crippen LogP contribution in [0.2, 0.25) is 10.0 Å². The minimum absolute atomic E-state index is 0.0128. The first-order valence-corrected chi connectivity index (χ1v) is 10.2. The molecule has 0 N–H and O–H groups in total. The minimum atomic E-state index is -4.12. The van der Waals surface area contributed by atoms with E-state index in [1.54, 1.807) is 26.0 Å². The number of aryl methyl sites for hydroxylation is 1. The van der Waals surface area contributed by atoms with E-state index in [2.05, 4.69) is 0 Å². The van der Waals surface area contributed by atoms with E-state index in [4.69, 9.17) is 32.7 Å². The Hall–Kier alpha value is -1.96. The highest BCUT2D eigenvalue weighted by atomic mass is 35.5. The second-order valence-electron chi connectivity index (χ2n) is 5.52. The molecule has 0 spiro atoms. The number of methoxy groups -OCH3 is 1. The van der Waals surface area contributed by atoms with E-state index in [9.17, 15) is 13.2 Å². The molecule has 0 saturated carbocycles. The molecule has 0 aromatic heterocycles. The number of carbonyl (C=O) groups is 1. The van der Waals surface area contributed by atoms with Crippen LogP contribution >= 0.6 is 23.2 Å². The molecule has 0 unspecified atom stereocenters. The van der Waals surface area contributed by atoms with E-state index in [1.165, 1.54) is 31.4 Å². The maximum absolute atomic E-state index is 13.3. The van der Waals surface area contributed by atoms with Gasteiger partial charge in [-0.15, -0.1) is 0 Å². The Morgan fingerprint density at radius 3 is 2.48 bits per heavy atom. The Labute approximate surface area is 168 Å². The number of nitrogens with zero attached hydrogens (tertiary/aromatic N) is 1. The predicted molar refractivity (Wildman–Crippen MR) is 105 cm³/mol. The normalized spacial score (nSPS) is 11.1. The lowest BCUT2D eigenvalue weighted by molar-refractivity contribution is -0.141. The van der Waals surface area contributed by atoms with Crippen molar-refractivity contribution in [3.8, 4) is 5.75 Å². The average Bonchev–Trinajstić information content (AvgIpc) is 2.62. The fourth-order valence-electron chi connectivity index (χ4n) is 2.45. The standard InChI is InChI=1S/C18H19Cl2NO5S/c1-4-26-17(22)11-21(15-7-5-6-14(19)18(15)20)27(23,24)13-8-9-16(25-3)12(2)10-13/h5-10H,4,11H2,1-3H3. The summed E-state index contributed by atoms with van der Waals surface area (Å²) < 4.78 is 37.5. The van der Waals surface area contributed by atoms with Gasteiger partial charge in [-0.05, 0) is 49.7 Å². The SMILES string of the molecule is CCOC(=O)CN(c1cccc(Cl)c1Cl)S(=O)(=O)c1ccc(OC)c(C)c1. The number of hydrogen-bond donors (Lipinski definition) is 0. The van der Waals surface area contributed by atoms with Gasteiger partial charge in [-0.2, -0.15) is 0 Å². The van der Waals surface area contributed by atoms with Crippen molar-refractivity contribution in [2.75, 3.05) is 24.6 Å². The largest absolute Gasteiger partial charge is 0.496 e. The van der Waals surface area contributed by atoms with E-state index >= 15 is 0 Å². The summed E-state index contributed by atoms with van der Waals surface area (Å²) in [4.78, 5) is 12.0. The molecular formula is C18H19Cl2NO5S. The number of ether oxygens (including phenoxy) is 2. The summed E-state index contributed by atoms with van der Waals surface area (Å²) in [5.74, 6) is -0.158. The molecule has 0 heterocycles.